The van der Waals surface area contributed by atoms with Crippen LogP contribution in [0.5, 0.6) is 0 Å². The van der Waals surface area contributed by atoms with E-state index in [4.69, 9.17) is 9.15 Å². The van der Waals surface area contributed by atoms with Gasteiger partial charge in [0, 0.05) is 0 Å². The van der Waals surface area contributed by atoms with Gasteiger partial charge in [0.25, 0.3) is 0 Å². The van der Waals surface area contributed by atoms with Crippen LogP contribution in [0.25, 0.3) is 21.9 Å². The highest BCUT2D eigenvalue weighted by molar-refractivity contribution is 6.12. The molecular weight excluding hydrogens is 300 g/mol. The zero-order chi connectivity index (χ0) is 16.6. The van der Waals surface area contributed by atoms with Crippen molar-refractivity contribution in [3.63, 3.8) is 0 Å². The molecule has 0 fully saturated rings. The van der Waals surface area contributed by atoms with Crippen molar-refractivity contribution in [3.05, 3.63) is 57.7 Å². The first-order chi connectivity index (χ1) is 11.1. The van der Waals surface area contributed by atoms with Crippen molar-refractivity contribution in [1.29, 1.82) is 0 Å². The van der Waals surface area contributed by atoms with Gasteiger partial charge in [-0.1, -0.05) is 12.1 Å². The summed E-state index contributed by atoms with van der Waals surface area (Å²) in [5.74, 6) is -1.50. The molecule has 1 heterocycles. The molecule has 0 saturated heterocycles. The molecule has 0 amide bonds. The number of ether oxygens (including phenoxy) is 2. The lowest BCUT2D eigenvalue weighted by Gasteiger charge is -2.09. The standard InChI is InChI=1S/C17H12O6/c1-21-16(19)10-7-8-11-14(18)9-5-3-4-6-12(9)23-15(11)13(10)17(20)22-2/h3-8H,1-2H3. The largest absolute Gasteiger partial charge is 0.465 e. The van der Waals surface area contributed by atoms with E-state index in [9.17, 15) is 14.4 Å². The lowest BCUT2D eigenvalue weighted by atomic mass is 10.0. The molecule has 0 saturated carbocycles. The highest BCUT2D eigenvalue weighted by Gasteiger charge is 2.24. The van der Waals surface area contributed by atoms with Gasteiger partial charge in [-0.3, -0.25) is 4.79 Å². The van der Waals surface area contributed by atoms with Crippen molar-refractivity contribution in [3.8, 4) is 0 Å². The van der Waals surface area contributed by atoms with E-state index in [1.165, 1.54) is 26.4 Å². The number of carbonyl (C=O) groups is 2. The predicted octanol–water partition coefficient (Wildman–Crippen LogP) is 2.52. The fourth-order valence-electron chi connectivity index (χ4n) is 2.45. The first-order valence-electron chi connectivity index (χ1n) is 6.73. The Kier molecular flexibility index (Phi) is 3.57. The minimum atomic E-state index is -0.783. The first-order valence-corrected chi connectivity index (χ1v) is 6.73. The fraction of sp³-hybridized carbons (Fsp3) is 0.118. The minimum absolute atomic E-state index is 0.00319. The Hall–Kier alpha value is -3.15. The fourth-order valence-corrected chi connectivity index (χ4v) is 2.45. The maximum atomic E-state index is 12.6. The zero-order valence-corrected chi connectivity index (χ0v) is 12.4. The molecule has 3 aromatic rings. The van der Waals surface area contributed by atoms with Crippen LogP contribution in [0.3, 0.4) is 0 Å². The third-order valence-electron chi connectivity index (χ3n) is 3.54. The third kappa shape index (κ3) is 2.24. The second-order valence-electron chi connectivity index (χ2n) is 4.78. The van der Waals surface area contributed by atoms with Crippen LogP contribution in [-0.4, -0.2) is 26.2 Å². The average Bonchev–Trinajstić information content (AvgIpc) is 2.59. The lowest BCUT2D eigenvalue weighted by Crippen LogP contribution is -2.14. The van der Waals surface area contributed by atoms with Crippen LogP contribution in [0.15, 0.2) is 45.6 Å². The van der Waals surface area contributed by atoms with Crippen LogP contribution in [0.2, 0.25) is 0 Å². The van der Waals surface area contributed by atoms with Crippen LogP contribution in [0.4, 0.5) is 0 Å². The summed E-state index contributed by atoms with van der Waals surface area (Å²) in [5, 5.41) is 0.582. The number of carbonyl (C=O) groups excluding carboxylic acids is 2. The van der Waals surface area contributed by atoms with Crippen LogP contribution >= 0.6 is 0 Å². The number of methoxy groups -OCH3 is 2. The summed E-state index contributed by atoms with van der Waals surface area (Å²) < 4.78 is 15.1. The van der Waals surface area contributed by atoms with Gasteiger partial charge < -0.3 is 13.9 Å². The van der Waals surface area contributed by atoms with E-state index in [-0.39, 0.29) is 27.5 Å². The number of rotatable bonds is 2. The highest BCUT2D eigenvalue weighted by atomic mass is 16.5. The Labute approximate surface area is 130 Å². The number of benzene rings is 2. The SMILES string of the molecule is COC(=O)c1ccc2c(=O)c3ccccc3oc2c1C(=O)OC. The quantitative estimate of drug-likeness (QED) is 0.534. The van der Waals surface area contributed by atoms with Gasteiger partial charge in [0.15, 0.2) is 5.58 Å². The van der Waals surface area contributed by atoms with E-state index in [1.54, 1.807) is 24.3 Å². The van der Waals surface area contributed by atoms with Crippen LogP contribution in [0, 0.1) is 0 Å². The molecule has 116 valence electrons. The van der Waals surface area contributed by atoms with Crippen molar-refractivity contribution in [2.75, 3.05) is 14.2 Å². The van der Waals surface area contributed by atoms with E-state index >= 15 is 0 Å². The summed E-state index contributed by atoms with van der Waals surface area (Å²) in [7, 11) is 2.38. The van der Waals surface area contributed by atoms with Crippen LogP contribution < -0.4 is 5.43 Å². The van der Waals surface area contributed by atoms with Gasteiger partial charge in [-0.05, 0) is 24.3 Å². The number of hydrogen-bond donors (Lipinski definition) is 0. The molecule has 0 radical (unpaired) electrons. The average molecular weight is 312 g/mol. The third-order valence-corrected chi connectivity index (χ3v) is 3.54. The van der Waals surface area contributed by atoms with Gasteiger partial charge in [0.2, 0.25) is 5.43 Å². The predicted molar refractivity (Wildman–Crippen MR) is 82.7 cm³/mol. The number of fused-ring (bicyclic) bond motifs is 2. The minimum Gasteiger partial charge on any atom is -0.465 e. The zero-order valence-electron chi connectivity index (χ0n) is 12.4. The maximum absolute atomic E-state index is 12.6. The van der Waals surface area contributed by atoms with Crippen molar-refractivity contribution in [2.45, 2.75) is 0 Å². The molecule has 2 aromatic carbocycles. The second kappa shape index (κ2) is 5.57. The van der Waals surface area contributed by atoms with E-state index in [2.05, 4.69) is 4.74 Å². The summed E-state index contributed by atoms with van der Waals surface area (Å²) >= 11 is 0. The van der Waals surface area contributed by atoms with Crippen molar-refractivity contribution < 1.29 is 23.5 Å². The van der Waals surface area contributed by atoms with Crippen molar-refractivity contribution in [2.24, 2.45) is 0 Å². The molecular formula is C17H12O6. The maximum Gasteiger partial charge on any atom is 0.342 e. The molecule has 6 nitrogen and oxygen atoms in total. The summed E-state index contributed by atoms with van der Waals surface area (Å²) in [6, 6.07) is 9.46. The number of esters is 2. The molecule has 23 heavy (non-hydrogen) atoms. The van der Waals surface area contributed by atoms with Gasteiger partial charge in [0.1, 0.15) is 11.1 Å². The Bertz CT molecular complexity index is 999. The topological polar surface area (TPSA) is 82.8 Å². The second-order valence-corrected chi connectivity index (χ2v) is 4.78. The molecule has 0 aliphatic carbocycles. The number of para-hydroxylation sites is 1. The Balaban J connectivity index is 2.51. The molecule has 0 atom stereocenters. The lowest BCUT2D eigenvalue weighted by molar-refractivity contribution is 0.0556. The summed E-state index contributed by atoms with van der Waals surface area (Å²) in [6.07, 6.45) is 0. The molecule has 0 bridgehead atoms. The smallest absolute Gasteiger partial charge is 0.342 e. The van der Waals surface area contributed by atoms with Gasteiger partial charge in [0.05, 0.1) is 30.6 Å². The van der Waals surface area contributed by atoms with E-state index in [0.29, 0.717) is 11.0 Å². The molecule has 3 rings (SSSR count). The molecule has 0 aliphatic rings. The molecule has 0 aliphatic heterocycles. The van der Waals surface area contributed by atoms with E-state index < -0.39 is 11.9 Å². The molecule has 0 spiro atoms. The van der Waals surface area contributed by atoms with E-state index in [0.717, 1.165) is 0 Å². The summed E-state index contributed by atoms with van der Waals surface area (Å²) in [5.41, 5.74) is -0.117. The highest BCUT2D eigenvalue weighted by Crippen LogP contribution is 2.25. The summed E-state index contributed by atoms with van der Waals surface area (Å²) in [6.45, 7) is 0. The Morgan fingerprint density at radius 3 is 2.30 bits per heavy atom. The van der Waals surface area contributed by atoms with Crippen LogP contribution in [-0.2, 0) is 9.47 Å². The Morgan fingerprint density at radius 1 is 0.913 bits per heavy atom. The van der Waals surface area contributed by atoms with Gasteiger partial charge in [-0.2, -0.15) is 0 Å². The first kappa shape index (κ1) is 14.8. The monoisotopic (exact) mass is 312 g/mol. The van der Waals surface area contributed by atoms with Crippen molar-refractivity contribution >= 4 is 33.9 Å². The van der Waals surface area contributed by atoms with Gasteiger partial charge >= 0.3 is 11.9 Å². The molecule has 0 unspecified atom stereocenters. The molecule has 0 N–H and O–H groups in total. The normalized spacial score (nSPS) is 10.7. The van der Waals surface area contributed by atoms with Crippen molar-refractivity contribution in [1.82, 2.24) is 0 Å². The molecule has 6 heteroatoms. The van der Waals surface area contributed by atoms with Gasteiger partial charge in [-0.15, -0.1) is 0 Å². The summed E-state index contributed by atoms with van der Waals surface area (Å²) in [4.78, 5) is 36.6. The van der Waals surface area contributed by atoms with E-state index in [1.807, 2.05) is 0 Å². The van der Waals surface area contributed by atoms with Gasteiger partial charge in [-0.25, -0.2) is 9.59 Å². The van der Waals surface area contributed by atoms with Crippen LogP contribution in [0.1, 0.15) is 20.7 Å². The Morgan fingerprint density at radius 2 is 1.61 bits per heavy atom. The molecule has 1 aromatic heterocycles. The number of hydrogen-bond acceptors (Lipinski definition) is 6.